The summed E-state index contributed by atoms with van der Waals surface area (Å²) in [5.74, 6) is 0.358. The number of benzene rings is 1. The number of aromatic nitrogens is 1. The van der Waals surface area contributed by atoms with Crippen molar-refractivity contribution in [2.24, 2.45) is 0 Å². The number of hydrogen-bond donors (Lipinski definition) is 2. The number of amides is 2. The summed E-state index contributed by atoms with van der Waals surface area (Å²) < 4.78 is 0. The van der Waals surface area contributed by atoms with Crippen LogP contribution in [-0.4, -0.2) is 61.0 Å². The predicted octanol–water partition coefficient (Wildman–Crippen LogP) is 1.90. The molecule has 0 spiro atoms. The summed E-state index contributed by atoms with van der Waals surface area (Å²) >= 11 is 0. The maximum atomic E-state index is 12.4. The first-order chi connectivity index (χ1) is 13.4. The summed E-state index contributed by atoms with van der Waals surface area (Å²) in [4.78, 5) is 33.7. The van der Waals surface area contributed by atoms with Crippen molar-refractivity contribution in [3.05, 3.63) is 53.7 Å². The van der Waals surface area contributed by atoms with Gasteiger partial charge < -0.3 is 20.4 Å². The van der Waals surface area contributed by atoms with Crippen LogP contribution in [0.25, 0.3) is 0 Å². The van der Waals surface area contributed by atoms with Gasteiger partial charge in [0.05, 0.1) is 11.9 Å². The highest BCUT2D eigenvalue weighted by molar-refractivity contribution is 6.01. The molecule has 1 aliphatic heterocycles. The molecule has 0 bridgehead atoms. The van der Waals surface area contributed by atoms with Gasteiger partial charge >= 0.3 is 0 Å². The largest absolute Gasteiger partial charge is 0.354 e. The van der Waals surface area contributed by atoms with Crippen LogP contribution in [0, 0.1) is 6.92 Å². The topological polar surface area (TPSA) is 77.6 Å². The standard InChI is InChI=1S/C21H27N5O2/c1-15-5-4-6-17(13-15)21(28)23-16(2)20(27)24-18-7-8-19(22-14-18)26-11-9-25(3)10-12-26/h4-8,13-14,16H,9-12H2,1-3H3,(H,23,28)(H,24,27)/t16-/m1/s1. The van der Waals surface area contributed by atoms with Crippen molar-refractivity contribution < 1.29 is 9.59 Å². The molecule has 2 amide bonds. The molecule has 1 atom stereocenters. The Kier molecular flexibility index (Phi) is 6.26. The molecule has 2 aromatic rings. The first-order valence-electron chi connectivity index (χ1n) is 9.50. The average Bonchev–Trinajstić information content (AvgIpc) is 2.69. The lowest BCUT2D eigenvalue weighted by atomic mass is 10.1. The highest BCUT2D eigenvalue weighted by Gasteiger charge is 2.18. The second-order valence-electron chi connectivity index (χ2n) is 7.25. The van der Waals surface area contributed by atoms with Gasteiger partial charge in [0.1, 0.15) is 11.9 Å². The van der Waals surface area contributed by atoms with Crippen molar-refractivity contribution in [2.75, 3.05) is 43.4 Å². The van der Waals surface area contributed by atoms with E-state index in [1.54, 1.807) is 25.3 Å². The zero-order valence-electron chi connectivity index (χ0n) is 16.6. The number of nitrogens with zero attached hydrogens (tertiary/aromatic N) is 3. The van der Waals surface area contributed by atoms with Crippen LogP contribution in [0.15, 0.2) is 42.6 Å². The minimum Gasteiger partial charge on any atom is -0.354 e. The molecule has 1 aromatic heterocycles. The van der Waals surface area contributed by atoms with Gasteiger partial charge in [-0.15, -0.1) is 0 Å². The van der Waals surface area contributed by atoms with Gasteiger partial charge in [0, 0.05) is 31.7 Å². The van der Waals surface area contributed by atoms with E-state index >= 15 is 0 Å². The predicted molar refractivity (Wildman–Crippen MR) is 111 cm³/mol. The Bertz CT molecular complexity index is 829. The first-order valence-corrected chi connectivity index (χ1v) is 9.50. The SMILES string of the molecule is Cc1cccc(C(=O)N[C@H](C)C(=O)Nc2ccc(N3CCN(C)CC3)nc2)c1. The molecule has 0 saturated carbocycles. The monoisotopic (exact) mass is 381 g/mol. The molecule has 0 radical (unpaired) electrons. The van der Waals surface area contributed by atoms with Crippen molar-refractivity contribution in [3.8, 4) is 0 Å². The van der Waals surface area contributed by atoms with Crippen LogP contribution in [0.5, 0.6) is 0 Å². The Morgan fingerprint density at radius 3 is 2.50 bits per heavy atom. The Morgan fingerprint density at radius 2 is 1.86 bits per heavy atom. The van der Waals surface area contributed by atoms with Crippen LogP contribution in [0.3, 0.4) is 0 Å². The van der Waals surface area contributed by atoms with Gasteiger partial charge in [0.15, 0.2) is 0 Å². The Hall–Kier alpha value is -2.93. The van der Waals surface area contributed by atoms with E-state index in [4.69, 9.17) is 0 Å². The number of rotatable bonds is 5. The van der Waals surface area contributed by atoms with Crippen molar-refractivity contribution in [1.82, 2.24) is 15.2 Å². The lowest BCUT2D eigenvalue weighted by Crippen LogP contribution is -2.44. The highest BCUT2D eigenvalue weighted by atomic mass is 16.2. The molecule has 1 saturated heterocycles. The number of carbonyl (C=O) groups is 2. The molecular formula is C21H27N5O2. The number of likely N-dealkylation sites (N-methyl/N-ethyl adjacent to an activating group) is 1. The molecule has 1 fully saturated rings. The van der Waals surface area contributed by atoms with E-state index in [0.717, 1.165) is 37.6 Å². The number of aryl methyl sites for hydroxylation is 1. The van der Waals surface area contributed by atoms with Crippen molar-refractivity contribution >= 4 is 23.3 Å². The van der Waals surface area contributed by atoms with Crippen LogP contribution < -0.4 is 15.5 Å². The molecule has 2 heterocycles. The Balaban J connectivity index is 1.54. The second kappa shape index (κ2) is 8.84. The van der Waals surface area contributed by atoms with Crippen molar-refractivity contribution in [3.63, 3.8) is 0 Å². The van der Waals surface area contributed by atoms with Crippen LogP contribution in [0.4, 0.5) is 11.5 Å². The van der Waals surface area contributed by atoms with E-state index < -0.39 is 6.04 Å². The van der Waals surface area contributed by atoms with Crippen LogP contribution in [0.2, 0.25) is 0 Å². The summed E-state index contributed by atoms with van der Waals surface area (Å²) in [6, 6.07) is 10.4. The van der Waals surface area contributed by atoms with Crippen LogP contribution in [-0.2, 0) is 4.79 Å². The fraction of sp³-hybridized carbons (Fsp3) is 0.381. The van der Waals surface area contributed by atoms with Crippen LogP contribution in [0.1, 0.15) is 22.8 Å². The fourth-order valence-corrected chi connectivity index (χ4v) is 3.06. The third-order valence-electron chi connectivity index (χ3n) is 4.86. The number of hydrogen-bond acceptors (Lipinski definition) is 5. The Morgan fingerprint density at radius 1 is 1.11 bits per heavy atom. The normalized spacial score (nSPS) is 15.8. The van der Waals surface area contributed by atoms with E-state index in [9.17, 15) is 9.59 Å². The zero-order chi connectivity index (χ0) is 20.1. The van der Waals surface area contributed by atoms with Gasteiger partial charge in [0.2, 0.25) is 5.91 Å². The van der Waals surface area contributed by atoms with E-state index in [2.05, 4.69) is 32.5 Å². The average molecular weight is 381 g/mol. The van der Waals surface area contributed by atoms with Gasteiger partial charge in [-0.1, -0.05) is 17.7 Å². The van der Waals surface area contributed by atoms with E-state index in [-0.39, 0.29) is 11.8 Å². The minimum atomic E-state index is -0.662. The van der Waals surface area contributed by atoms with Gasteiger partial charge in [-0.05, 0) is 45.2 Å². The molecule has 148 valence electrons. The summed E-state index contributed by atoms with van der Waals surface area (Å²) in [5, 5.41) is 5.53. The Labute approximate surface area is 165 Å². The van der Waals surface area contributed by atoms with Crippen molar-refractivity contribution in [2.45, 2.75) is 19.9 Å². The fourth-order valence-electron chi connectivity index (χ4n) is 3.06. The molecule has 0 aliphatic carbocycles. The highest BCUT2D eigenvalue weighted by Crippen LogP contribution is 2.16. The van der Waals surface area contributed by atoms with E-state index in [1.165, 1.54) is 0 Å². The lowest BCUT2D eigenvalue weighted by molar-refractivity contribution is -0.117. The maximum absolute atomic E-state index is 12.4. The third-order valence-corrected chi connectivity index (χ3v) is 4.86. The van der Waals surface area contributed by atoms with Gasteiger partial charge in [-0.3, -0.25) is 9.59 Å². The van der Waals surface area contributed by atoms with E-state index in [1.807, 2.05) is 31.2 Å². The number of carbonyl (C=O) groups excluding carboxylic acids is 2. The molecule has 2 N–H and O–H groups in total. The number of nitrogens with one attached hydrogen (secondary N) is 2. The van der Waals surface area contributed by atoms with Gasteiger partial charge in [-0.25, -0.2) is 4.98 Å². The summed E-state index contributed by atoms with van der Waals surface area (Å²) in [6.07, 6.45) is 1.65. The first kappa shape index (κ1) is 19.8. The smallest absolute Gasteiger partial charge is 0.251 e. The summed E-state index contributed by atoms with van der Waals surface area (Å²) in [5.41, 5.74) is 2.15. The number of anilines is 2. The number of piperazine rings is 1. The van der Waals surface area contributed by atoms with Gasteiger partial charge in [0.25, 0.3) is 5.91 Å². The lowest BCUT2D eigenvalue weighted by Gasteiger charge is -2.33. The molecule has 28 heavy (non-hydrogen) atoms. The zero-order valence-corrected chi connectivity index (χ0v) is 16.6. The van der Waals surface area contributed by atoms with E-state index in [0.29, 0.717) is 11.3 Å². The maximum Gasteiger partial charge on any atom is 0.251 e. The van der Waals surface area contributed by atoms with Crippen molar-refractivity contribution in [1.29, 1.82) is 0 Å². The third kappa shape index (κ3) is 5.07. The minimum absolute atomic E-state index is 0.269. The number of pyridine rings is 1. The molecule has 7 heteroatoms. The quantitative estimate of drug-likeness (QED) is 0.827. The molecule has 7 nitrogen and oxygen atoms in total. The molecule has 1 aliphatic rings. The molecular weight excluding hydrogens is 354 g/mol. The van der Waals surface area contributed by atoms with Crippen LogP contribution >= 0.6 is 0 Å². The molecule has 0 unspecified atom stereocenters. The van der Waals surface area contributed by atoms with Gasteiger partial charge in [-0.2, -0.15) is 0 Å². The second-order valence-corrected chi connectivity index (χ2v) is 7.25. The summed E-state index contributed by atoms with van der Waals surface area (Å²) in [7, 11) is 2.11. The molecule has 3 rings (SSSR count). The summed E-state index contributed by atoms with van der Waals surface area (Å²) in [6.45, 7) is 7.49. The molecule has 1 aromatic carbocycles.